The average Bonchev–Trinajstić information content (AvgIpc) is 2.36. The number of rotatable bonds is 4. The second-order valence-corrected chi connectivity index (χ2v) is 5.36. The number of benzene rings is 2. The zero-order chi connectivity index (χ0) is 13.0. The van der Waals surface area contributed by atoms with Crippen LogP contribution < -0.4 is 5.32 Å². The van der Waals surface area contributed by atoms with Crippen molar-refractivity contribution in [3.8, 4) is 11.1 Å². The standard InChI is InChI=1S/C16H18BrN/c1-3-18-11-13-7-8-16(12(2)9-13)14-5-4-6-15(17)10-14/h4-10,18H,3,11H2,1-2H3. The van der Waals surface area contributed by atoms with Crippen LogP contribution in [0, 0.1) is 6.92 Å². The molecule has 0 aromatic heterocycles. The Labute approximate surface area is 117 Å². The second kappa shape index (κ2) is 6.17. The van der Waals surface area contributed by atoms with Crippen LogP contribution in [0.1, 0.15) is 18.1 Å². The summed E-state index contributed by atoms with van der Waals surface area (Å²) in [4.78, 5) is 0. The summed E-state index contributed by atoms with van der Waals surface area (Å²) in [6.45, 7) is 6.25. The van der Waals surface area contributed by atoms with Crippen LogP contribution >= 0.6 is 15.9 Å². The predicted octanol–water partition coefficient (Wildman–Crippen LogP) is 4.53. The molecule has 0 amide bonds. The molecule has 0 aliphatic carbocycles. The highest BCUT2D eigenvalue weighted by molar-refractivity contribution is 9.10. The molecule has 0 aliphatic rings. The Morgan fingerprint density at radius 3 is 2.61 bits per heavy atom. The van der Waals surface area contributed by atoms with Crippen LogP contribution in [0.3, 0.4) is 0 Å². The smallest absolute Gasteiger partial charge is 0.0205 e. The molecule has 0 spiro atoms. The highest BCUT2D eigenvalue weighted by Crippen LogP contribution is 2.26. The summed E-state index contributed by atoms with van der Waals surface area (Å²) in [5, 5.41) is 3.35. The van der Waals surface area contributed by atoms with E-state index in [0.717, 1.165) is 17.6 Å². The van der Waals surface area contributed by atoms with Gasteiger partial charge in [-0.3, -0.25) is 0 Å². The van der Waals surface area contributed by atoms with Gasteiger partial charge in [-0.1, -0.05) is 53.2 Å². The topological polar surface area (TPSA) is 12.0 Å². The molecule has 0 unspecified atom stereocenters. The molecule has 2 aromatic rings. The van der Waals surface area contributed by atoms with E-state index in [9.17, 15) is 0 Å². The van der Waals surface area contributed by atoms with Crippen molar-refractivity contribution in [1.82, 2.24) is 5.32 Å². The van der Waals surface area contributed by atoms with Crippen LogP contribution in [-0.4, -0.2) is 6.54 Å². The first-order valence-corrected chi connectivity index (χ1v) is 7.06. The SMILES string of the molecule is CCNCc1ccc(-c2cccc(Br)c2)c(C)c1. The Kier molecular flexibility index (Phi) is 4.56. The Hall–Kier alpha value is -1.12. The quantitative estimate of drug-likeness (QED) is 0.875. The maximum atomic E-state index is 3.52. The van der Waals surface area contributed by atoms with Gasteiger partial charge < -0.3 is 5.32 Å². The van der Waals surface area contributed by atoms with Crippen molar-refractivity contribution < 1.29 is 0 Å². The molecule has 1 N–H and O–H groups in total. The zero-order valence-corrected chi connectivity index (χ0v) is 12.4. The van der Waals surface area contributed by atoms with Crippen LogP contribution in [-0.2, 0) is 6.54 Å². The minimum atomic E-state index is 0.941. The molecule has 0 bridgehead atoms. The molecule has 0 saturated carbocycles. The van der Waals surface area contributed by atoms with Crippen molar-refractivity contribution >= 4 is 15.9 Å². The summed E-state index contributed by atoms with van der Waals surface area (Å²) in [5.74, 6) is 0. The largest absolute Gasteiger partial charge is 0.313 e. The van der Waals surface area contributed by atoms with E-state index in [-0.39, 0.29) is 0 Å². The molecule has 2 heteroatoms. The van der Waals surface area contributed by atoms with Gasteiger partial charge in [-0.15, -0.1) is 0 Å². The molecule has 0 radical (unpaired) electrons. The van der Waals surface area contributed by atoms with E-state index in [4.69, 9.17) is 0 Å². The lowest BCUT2D eigenvalue weighted by molar-refractivity contribution is 0.726. The Morgan fingerprint density at radius 2 is 1.94 bits per heavy atom. The maximum Gasteiger partial charge on any atom is 0.0205 e. The second-order valence-electron chi connectivity index (χ2n) is 4.44. The van der Waals surface area contributed by atoms with E-state index >= 15 is 0 Å². The first-order chi connectivity index (χ1) is 8.70. The van der Waals surface area contributed by atoms with Gasteiger partial charge in [-0.05, 0) is 47.9 Å². The number of halogens is 1. The van der Waals surface area contributed by atoms with Crippen molar-refractivity contribution in [2.24, 2.45) is 0 Å². The van der Waals surface area contributed by atoms with Gasteiger partial charge in [0.2, 0.25) is 0 Å². The molecule has 94 valence electrons. The van der Waals surface area contributed by atoms with Crippen molar-refractivity contribution in [2.45, 2.75) is 20.4 Å². The van der Waals surface area contributed by atoms with Crippen molar-refractivity contribution in [3.05, 3.63) is 58.1 Å². The molecule has 1 nitrogen and oxygen atoms in total. The first-order valence-electron chi connectivity index (χ1n) is 6.27. The van der Waals surface area contributed by atoms with Gasteiger partial charge in [0.15, 0.2) is 0 Å². The van der Waals surface area contributed by atoms with Gasteiger partial charge >= 0.3 is 0 Å². The van der Waals surface area contributed by atoms with Gasteiger partial charge in [0, 0.05) is 11.0 Å². The van der Waals surface area contributed by atoms with E-state index in [1.807, 2.05) is 0 Å². The molecule has 18 heavy (non-hydrogen) atoms. The van der Waals surface area contributed by atoms with E-state index in [0.29, 0.717) is 0 Å². The molecule has 0 fully saturated rings. The monoisotopic (exact) mass is 303 g/mol. The van der Waals surface area contributed by atoms with Gasteiger partial charge in [0.1, 0.15) is 0 Å². The van der Waals surface area contributed by atoms with E-state index in [1.165, 1.54) is 22.3 Å². The lowest BCUT2D eigenvalue weighted by atomic mass is 9.98. The highest BCUT2D eigenvalue weighted by atomic mass is 79.9. The summed E-state index contributed by atoms with van der Waals surface area (Å²) in [6.07, 6.45) is 0. The fraction of sp³-hybridized carbons (Fsp3) is 0.250. The Balaban J connectivity index is 2.29. The maximum absolute atomic E-state index is 3.52. The summed E-state index contributed by atoms with van der Waals surface area (Å²) in [7, 11) is 0. The summed E-state index contributed by atoms with van der Waals surface area (Å²) >= 11 is 3.52. The van der Waals surface area contributed by atoms with Crippen LogP contribution in [0.2, 0.25) is 0 Å². The third-order valence-corrected chi connectivity index (χ3v) is 3.50. The predicted molar refractivity (Wildman–Crippen MR) is 81.7 cm³/mol. The number of aryl methyl sites for hydroxylation is 1. The minimum Gasteiger partial charge on any atom is -0.313 e. The van der Waals surface area contributed by atoms with Crippen LogP contribution in [0.5, 0.6) is 0 Å². The van der Waals surface area contributed by atoms with Crippen LogP contribution in [0.4, 0.5) is 0 Å². The fourth-order valence-corrected chi connectivity index (χ4v) is 2.48. The Bertz CT molecular complexity index is 534. The van der Waals surface area contributed by atoms with E-state index in [1.54, 1.807) is 0 Å². The van der Waals surface area contributed by atoms with Gasteiger partial charge in [-0.2, -0.15) is 0 Å². The number of hydrogen-bond acceptors (Lipinski definition) is 1. The van der Waals surface area contributed by atoms with Crippen molar-refractivity contribution in [1.29, 1.82) is 0 Å². The third kappa shape index (κ3) is 3.21. The zero-order valence-electron chi connectivity index (χ0n) is 10.8. The summed E-state index contributed by atoms with van der Waals surface area (Å²) < 4.78 is 1.12. The lowest BCUT2D eigenvalue weighted by Gasteiger charge is -2.09. The van der Waals surface area contributed by atoms with Gasteiger partial charge in [0.05, 0.1) is 0 Å². The minimum absolute atomic E-state index is 0.941. The Morgan fingerprint density at radius 1 is 1.11 bits per heavy atom. The first kappa shape index (κ1) is 13.3. The highest BCUT2D eigenvalue weighted by Gasteiger charge is 2.03. The molecule has 0 aliphatic heterocycles. The van der Waals surface area contributed by atoms with E-state index < -0.39 is 0 Å². The lowest BCUT2D eigenvalue weighted by Crippen LogP contribution is -2.11. The summed E-state index contributed by atoms with van der Waals surface area (Å²) in [6, 6.07) is 15.1. The molecular weight excluding hydrogens is 286 g/mol. The normalized spacial score (nSPS) is 10.6. The molecule has 0 heterocycles. The van der Waals surface area contributed by atoms with Crippen LogP contribution in [0.15, 0.2) is 46.9 Å². The average molecular weight is 304 g/mol. The molecule has 0 atom stereocenters. The van der Waals surface area contributed by atoms with Gasteiger partial charge in [0.25, 0.3) is 0 Å². The number of nitrogens with one attached hydrogen (secondary N) is 1. The molecule has 2 rings (SSSR count). The van der Waals surface area contributed by atoms with Crippen LogP contribution in [0.25, 0.3) is 11.1 Å². The van der Waals surface area contributed by atoms with Gasteiger partial charge in [-0.25, -0.2) is 0 Å². The van der Waals surface area contributed by atoms with Crippen molar-refractivity contribution in [3.63, 3.8) is 0 Å². The third-order valence-electron chi connectivity index (χ3n) is 3.01. The molecular formula is C16H18BrN. The number of hydrogen-bond donors (Lipinski definition) is 1. The summed E-state index contributed by atoms with van der Waals surface area (Å²) in [5.41, 5.74) is 5.23. The van der Waals surface area contributed by atoms with Crippen molar-refractivity contribution in [2.75, 3.05) is 6.54 Å². The molecule has 2 aromatic carbocycles. The fourth-order valence-electron chi connectivity index (χ4n) is 2.08. The molecule has 0 saturated heterocycles. The van der Waals surface area contributed by atoms with E-state index in [2.05, 4.69) is 77.6 Å².